The van der Waals surface area contributed by atoms with Crippen molar-refractivity contribution in [2.45, 2.75) is 13.5 Å². The van der Waals surface area contributed by atoms with E-state index in [0.717, 1.165) is 17.1 Å². The van der Waals surface area contributed by atoms with Crippen molar-refractivity contribution in [2.24, 2.45) is 5.73 Å². The van der Waals surface area contributed by atoms with E-state index in [0.29, 0.717) is 11.6 Å². The summed E-state index contributed by atoms with van der Waals surface area (Å²) in [6, 6.07) is 7.50. The molecule has 0 saturated carbocycles. The number of hydrogen-bond acceptors (Lipinski definition) is 3. The van der Waals surface area contributed by atoms with Crippen LogP contribution in [-0.4, -0.2) is 15.0 Å². The normalized spacial score (nSPS) is 10.6. The molecule has 2 N–H and O–H groups in total. The van der Waals surface area contributed by atoms with Crippen LogP contribution in [0, 0.1) is 6.92 Å². The molecule has 1 heterocycles. The predicted molar refractivity (Wildman–Crippen MR) is 59.0 cm³/mol. The zero-order valence-corrected chi connectivity index (χ0v) is 9.07. The average molecular weight is 223 g/mol. The fourth-order valence-corrected chi connectivity index (χ4v) is 1.62. The average Bonchev–Trinajstić information content (AvgIpc) is 2.60. The molecule has 0 atom stereocenters. The van der Waals surface area contributed by atoms with Crippen LogP contribution in [-0.2, 0) is 6.54 Å². The molecule has 0 saturated heterocycles. The van der Waals surface area contributed by atoms with E-state index in [4.69, 9.17) is 17.3 Å². The van der Waals surface area contributed by atoms with Crippen LogP contribution in [0.5, 0.6) is 0 Å². The maximum absolute atomic E-state index is 6.06. The number of nitrogens with zero attached hydrogens (tertiary/aromatic N) is 3. The zero-order valence-electron chi connectivity index (χ0n) is 8.31. The number of aromatic nitrogens is 3. The third-order valence-corrected chi connectivity index (χ3v) is 2.58. The van der Waals surface area contributed by atoms with Crippen molar-refractivity contribution in [3.63, 3.8) is 0 Å². The molecule has 2 aromatic rings. The maximum Gasteiger partial charge on any atom is 0.0996 e. The van der Waals surface area contributed by atoms with Crippen molar-refractivity contribution in [1.29, 1.82) is 0 Å². The largest absolute Gasteiger partial charge is 0.325 e. The molecule has 78 valence electrons. The van der Waals surface area contributed by atoms with E-state index in [2.05, 4.69) is 10.3 Å². The monoisotopic (exact) mass is 222 g/mol. The van der Waals surface area contributed by atoms with Crippen molar-refractivity contribution in [3.05, 3.63) is 40.7 Å². The molecule has 0 fully saturated rings. The molecule has 0 aliphatic heterocycles. The highest BCUT2D eigenvalue weighted by Gasteiger charge is 2.10. The van der Waals surface area contributed by atoms with Gasteiger partial charge in [-0.25, -0.2) is 4.68 Å². The fourth-order valence-electron chi connectivity index (χ4n) is 1.40. The van der Waals surface area contributed by atoms with Crippen molar-refractivity contribution >= 4 is 11.6 Å². The van der Waals surface area contributed by atoms with Crippen LogP contribution in [0.4, 0.5) is 0 Å². The van der Waals surface area contributed by atoms with Crippen LogP contribution < -0.4 is 5.73 Å². The van der Waals surface area contributed by atoms with Gasteiger partial charge < -0.3 is 5.73 Å². The van der Waals surface area contributed by atoms with Gasteiger partial charge in [-0.15, -0.1) is 5.10 Å². The van der Waals surface area contributed by atoms with E-state index in [9.17, 15) is 0 Å². The third kappa shape index (κ3) is 1.73. The van der Waals surface area contributed by atoms with Gasteiger partial charge in [-0.3, -0.25) is 0 Å². The summed E-state index contributed by atoms with van der Waals surface area (Å²) in [6.07, 6.45) is 0. The second kappa shape index (κ2) is 4.00. The summed E-state index contributed by atoms with van der Waals surface area (Å²) in [7, 11) is 0. The van der Waals surface area contributed by atoms with E-state index < -0.39 is 0 Å². The van der Waals surface area contributed by atoms with Crippen molar-refractivity contribution in [2.75, 3.05) is 0 Å². The topological polar surface area (TPSA) is 56.7 Å². The first-order chi connectivity index (χ1) is 7.24. The second-order valence-electron chi connectivity index (χ2n) is 3.19. The Hall–Kier alpha value is -1.39. The highest BCUT2D eigenvalue weighted by Crippen LogP contribution is 2.20. The number of halogens is 1. The molecule has 0 spiro atoms. The van der Waals surface area contributed by atoms with E-state index >= 15 is 0 Å². The Bertz CT molecular complexity index is 478. The van der Waals surface area contributed by atoms with Gasteiger partial charge >= 0.3 is 0 Å². The first kappa shape index (κ1) is 10.1. The van der Waals surface area contributed by atoms with Gasteiger partial charge in [-0.05, 0) is 19.1 Å². The number of hydrogen-bond donors (Lipinski definition) is 1. The van der Waals surface area contributed by atoms with E-state index in [-0.39, 0.29) is 0 Å². The minimum absolute atomic E-state index is 0.385. The Morgan fingerprint density at radius 1 is 1.40 bits per heavy atom. The van der Waals surface area contributed by atoms with Gasteiger partial charge in [-0.2, -0.15) is 0 Å². The molecule has 5 heteroatoms. The smallest absolute Gasteiger partial charge is 0.0996 e. The lowest BCUT2D eigenvalue weighted by Gasteiger charge is -2.04. The van der Waals surface area contributed by atoms with Crippen LogP contribution in [0.1, 0.15) is 11.4 Å². The van der Waals surface area contributed by atoms with Crippen molar-refractivity contribution in [3.8, 4) is 5.69 Å². The summed E-state index contributed by atoms with van der Waals surface area (Å²) in [5.74, 6) is 0. The Morgan fingerprint density at radius 3 is 2.73 bits per heavy atom. The zero-order chi connectivity index (χ0) is 10.8. The van der Waals surface area contributed by atoms with Gasteiger partial charge in [-0.1, -0.05) is 28.9 Å². The van der Waals surface area contributed by atoms with E-state index in [1.165, 1.54) is 0 Å². The first-order valence-corrected chi connectivity index (χ1v) is 4.98. The van der Waals surface area contributed by atoms with Crippen LogP contribution in [0.15, 0.2) is 24.3 Å². The minimum atomic E-state index is 0.385. The van der Waals surface area contributed by atoms with Crippen molar-refractivity contribution in [1.82, 2.24) is 15.0 Å². The van der Waals surface area contributed by atoms with Gasteiger partial charge in [0.05, 0.1) is 22.1 Å². The molecular weight excluding hydrogens is 212 g/mol. The lowest BCUT2D eigenvalue weighted by molar-refractivity contribution is 0.783. The van der Waals surface area contributed by atoms with Crippen LogP contribution in [0.25, 0.3) is 5.69 Å². The molecule has 0 amide bonds. The fraction of sp³-hybridized carbons (Fsp3) is 0.200. The number of nitrogens with two attached hydrogens (primary N) is 1. The lowest BCUT2D eigenvalue weighted by Crippen LogP contribution is -2.02. The van der Waals surface area contributed by atoms with Crippen LogP contribution in [0.3, 0.4) is 0 Å². The first-order valence-electron chi connectivity index (χ1n) is 4.60. The number of para-hydroxylation sites is 1. The van der Waals surface area contributed by atoms with Gasteiger partial charge in [0.25, 0.3) is 0 Å². The Balaban J connectivity index is 2.55. The number of rotatable bonds is 2. The molecule has 0 bridgehead atoms. The third-order valence-electron chi connectivity index (χ3n) is 2.26. The molecular formula is C10H11ClN4. The van der Waals surface area contributed by atoms with Gasteiger partial charge in [0.1, 0.15) is 0 Å². The predicted octanol–water partition coefficient (Wildman–Crippen LogP) is 1.69. The summed E-state index contributed by atoms with van der Waals surface area (Å²) >= 11 is 6.06. The molecule has 1 aromatic heterocycles. The van der Waals surface area contributed by atoms with E-state index in [1.54, 1.807) is 4.68 Å². The molecule has 0 unspecified atom stereocenters. The molecule has 4 nitrogen and oxygen atoms in total. The number of benzene rings is 1. The molecule has 1 aromatic carbocycles. The Morgan fingerprint density at radius 2 is 2.13 bits per heavy atom. The highest BCUT2D eigenvalue weighted by atomic mass is 35.5. The summed E-state index contributed by atoms with van der Waals surface area (Å²) in [6.45, 7) is 2.31. The standard InChI is InChI=1S/C10H11ClN4/c1-7-9(6-12)13-14-15(7)10-5-3-2-4-8(10)11/h2-5H,6,12H2,1H3. The summed E-state index contributed by atoms with van der Waals surface area (Å²) in [5.41, 5.74) is 8.06. The Labute approximate surface area is 92.7 Å². The van der Waals surface area contributed by atoms with Gasteiger partial charge in [0.2, 0.25) is 0 Å². The quantitative estimate of drug-likeness (QED) is 0.841. The molecule has 15 heavy (non-hydrogen) atoms. The second-order valence-corrected chi connectivity index (χ2v) is 3.60. The molecule has 2 rings (SSSR count). The van der Waals surface area contributed by atoms with Gasteiger partial charge in [0, 0.05) is 6.54 Å². The maximum atomic E-state index is 6.06. The van der Waals surface area contributed by atoms with E-state index in [1.807, 2.05) is 31.2 Å². The summed E-state index contributed by atoms with van der Waals surface area (Å²) in [5, 5.41) is 8.65. The van der Waals surface area contributed by atoms with Crippen molar-refractivity contribution < 1.29 is 0 Å². The molecule has 0 radical (unpaired) electrons. The SMILES string of the molecule is Cc1c(CN)nnn1-c1ccccc1Cl. The Kier molecular flexibility index (Phi) is 2.70. The molecule has 0 aliphatic carbocycles. The van der Waals surface area contributed by atoms with Crippen LogP contribution in [0.2, 0.25) is 5.02 Å². The highest BCUT2D eigenvalue weighted by molar-refractivity contribution is 6.32. The minimum Gasteiger partial charge on any atom is -0.325 e. The van der Waals surface area contributed by atoms with Gasteiger partial charge in [0.15, 0.2) is 0 Å². The van der Waals surface area contributed by atoms with Crippen LogP contribution >= 0.6 is 11.6 Å². The summed E-state index contributed by atoms with van der Waals surface area (Å²) in [4.78, 5) is 0. The summed E-state index contributed by atoms with van der Waals surface area (Å²) < 4.78 is 1.70. The molecule has 0 aliphatic rings. The lowest BCUT2D eigenvalue weighted by atomic mass is 10.3.